The van der Waals surface area contributed by atoms with Gasteiger partial charge in [0.15, 0.2) is 0 Å². The lowest BCUT2D eigenvalue weighted by Crippen LogP contribution is -2.43. The van der Waals surface area contributed by atoms with Crippen molar-refractivity contribution in [3.63, 3.8) is 0 Å². The van der Waals surface area contributed by atoms with E-state index in [1.54, 1.807) is 0 Å². The van der Waals surface area contributed by atoms with Crippen molar-refractivity contribution in [2.75, 3.05) is 32.9 Å². The largest absolute Gasteiger partial charge is 0.379 e. The molecule has 1 fully saturated rings. The Morgan fingerprint density at radius 2 is 2.00 bits per heavy atom. The number of rotatable bonds is 10. The molecule has 0 aliphatic heterocycles. The Bertz CT molecular complexity index is 191. The van der Waals surface area contributed by atoms with Crippen LogP contribution in [0.3, 0.4) is 0 Å². The monoisotopic (exact) mass is 243 g/mol. The van der Waals surface area contributed by atoms with Gasteiger partial charge in [0.1, 0.15) is 0 Å². The first kappa shape index (κ1) is 14.9. The van der Waals surface area contributed by atoms with E-state index in [2.05, 4.69) is 19.2 Å². The van der Waals surface area contributed by atoms with Crippen LogP contribution in [0.15, 0.2) is 0 Å². The average molecular weight is 243 g/mol. The fourth-order valence-electron chi connectivity index (χ4n) is 2.21. The second-order valence-corrected chi connectivity index (χ2v) is 5.43. The van der Waals surface area contributed by atoms with Gasteiger partial charge < -0.3 is 14.8 Å². The maximum atomic E-state index is 6.01. The van der Waals surface area contributed by atoms with E-state index in [0.29, 0.717) is 0 Å². The predicted molar refractivity (Wildman–Crippen MR) is 71.4 cm³/mol. The van der Waals surface area contributed by atoms with Crippen molar-refractivity contribution < 1.29 is 9.47 Å². The highest BCUT2D eigenvalue weighted by Crippen LogP contribution is 2.38. The highest BCUT2D eigenvalue weighted by atomic mass is 16.5. The van der Waals surface area contributed by atoms with Gasteiger partial charge in [-0.2, -0.15) is 0 Å². The lowest BCUT2D eigenvalue weighted by Gasteiger charge is -2.42. The Hall–Kier alpha value is -0.120. The van der Waals surface area contributed by atoms with Gasteiger partial charge in [0.05, 0.1) is 18.8 Å². The molecule has 3 nitrogen and oxygen atoms in total. The smallest absolute Gasteiger partial charge is 0.0708 e. The molecule has 0 saturated heterocycles. The number of nitrogens with one attached hydrogen (secondary N) is 1. The van der Waals surface area contributed by atoms with Gasteiger partial charge >= 0.3 is 0 Å². The Labute approximate surface area is 106 Å². The van der Waals surface area contributed by atoms with Crippen LogP contribution >= 0.6 is 0 Å². The minimum absolute atomic E-state index is 0.168. The Morgan fingerprint density at radius 1 is 1.24 bits per heavy atom. The summed E-state index contributed by atoms with van der Waals surface area (Å²) < 4.78 is 11.3. The van der Waals surface area contributed by atoms with Crippen molar-refractivity contribution in [1.82, 2.24) is 5.32 Å². The number of hydrogen-bond donors (Lipinski definition) is 1. The Balaban J connectivity index is 2.08. The van der Waals surface area contributed by atoms with E-state index >= 15 is 0 Å². The van der Waals surface area contributed by atoms with Gasteiger partial charge in [-0.25, -0.2) is 0 Å². The molecule has 0 amide bonds. The van der Waals surface area contributed by atoms with Crippen LogP contribution in [0.2, 0.25) is 0 Å². The van der Waals surface area contributed by atoms with Crippen LogP contribution < -0.4 is 5.32 Å². The van der Waals surface area contributed by atoms with Gasteiger partial charge in [-0.05, 0) is 51.6 Å². The molecule has 0 atom stereocenters. The second-order valence-electron chi connectivity index (χ2n) is 5.43. The van der Waals surface area contributed by atoms with E-state index in [0.717, 1.165) is 45.2 Å². The molecule has 0 aromatic carbocycles. The van der Waals surface area contributed by atoms with Crippen molar-refractivity contribution in [2.24, 2.45) is 5.92 Å². The minimum Gasteiger partial charge on any atom is -0.379 e. The SMILES string of the molecule is CCOCCOC1(CCNCC(C)C)CCC1. The predicted octanol–water partition coefficient (Wildman–Crippen LogP) is 2.60. The fourth-order valence-corrected chi connectivity index (χ4v) is 2.21. The van der Waals surface area contributed by atoms with Gasteiger partial charge in [0, 0.05) is 6.61 Å². The average Bonchev–Trinajstić information content (AvgIpc) is 2.24. The van der Waals surface area contributed by atoms with E-state index in [4.69, 9.17) is 9.47 Å². The van der Waals surface area contributed by atoms with Crippen LogP contribution in [-0.4, -0.2) is 38.5 Å². The summed E-state index contributed by atoms with van der Waals surface area (Å²) in [5.74, 6) is 0.728. The maximum Gasteiger partial charge on any atom is 0.0708 e. The van der Waals surface area contributed by atoms with Gasteiger partial charge in [-0.15, -0.1) is 0 Å². The summed E-state index contributed by atoms with van der Waals surface area (Å²) in [5.41, 5.74) is 0.168. The summed E-state index contributed by atoms with van der Waals surface area (Å²) >= 11 is 0. The highest BCUT2D eigenvalue weighted by Gasteiger charge is 2.37. The quantitative estimate of drug-likeness (QED) is 0.598. The zero-order valence-corrected chi connectivity index (χ0v) is 11.8. The molecule has 1 saturated carbocycles. The van der Waals surface area contributed by atoms with Crippen LogP contribution in [-0.2, 0) is 9.47 Å². The van der Waals surface area contributed by atoms with Gasteiger partial charge in [0.2, 0.25) is 0 Å². The van der Waals surface area contributed by atoms with E-state index < -0.39 is 0 Å². The first-order valence-electron chi connectivity index (χ1n) is 7.11. The van der Waals surface area contributed by atoms with Crippen LogP contribution in [0.5, 0.6) is 0 Å². The molecule has 0 bridgehead atoms. The van der Waals surface area contributed by atoms with Crippen LogP contribution in [0.1, 0.15) is 46.5 Å². The molecular weight excluding hydrogens is 214 g/mol. The fraction of sp³-hybridized carbons (Fsp3) is 1.00. The van der Waals surface area contributed by atoms with E-state index in [9.17, 15) is 0 Å². The van der Waals surface area contributed by atoms with Crippen molar-refractivity contribution in [1.29, 1.82) is 0 Å². The molecule has 1 aliphatic carbocycles. The third kappa shape index (κ3) is 5.84. The van der Waals surface area contributed by atoms with Crippen LogP contribution in [0.25, 0.3) is 0 Å². The van der Waals surface area contributed by atoms with Gasteiger partial charge in [-0.1, -0.05) is 13.8 Å². The normalized spacial score (nSPS) is 18.4. The highest BCUT2D eigenvalue weighted by molar-refractivity contribution is 4.90. The zero-order valence-electron chi connectivity index (χ0n) is 11.8. The maximum absolute atomic E-state index is 6.01. The molecule has 0 aromatic rings. The molecule has 0 aromatic heterocycles. The van der Waals surface area contributed by atoms with Crippen molar-refractivity contribution >= 4 is 0 Å². The summed E-state index contributed by atoms with van der Waals surface area (Å²) in [7, 11) is 0. The second kappa shape index (κ2) is 8.06. The molecule has 0 unspecified atom stereocenters. The van der Waals surface area contributed by atoms with Crippen molar-refractivity contribution in [3.8, 4) is 0 Å². The third-order valence-corrected chi connectivity index (χ3v) is 3.41. The summed E-state index contributed by atoms with van der Waals surface area (Å²) in [6, 6.07) is 0. The van der Waals surface area contributed by atoms with Crippen molar-refractivity contribution in [3.05, 3.63) is 0 Å². The molecule has 1 aliphatic rings. The Kier molecular flexibility index (Phi) is 7.09. The lowest BCUT2D eigenvalue weighted by atomic mass is 9.77. The summed E-state index contributed by atoms with van der Waals surface area (Å²) in [6.07, 6.45) is 4.91. The summed E-state index contributed by atoms with van der Waals surface area (Å²) in [6.45, 7) is 11.0. The molecule has 1 N–H and O–H groups in total. The molecule has 0 heterocycles. The van der Waals surface area contributed by atoms with E-state index in [1.807, 2.05) is 6.92 Å². The lowest BCUT2D eigenvalue weighted by molar-refractivity contribution is -0.117. The molecule has 0 spiro atoms. The van der Waals surface area contributed by atoms with Gasteiger partial charge in [0.25, 0.3) is 0 Å². The standard InChI is InChI=1S/C14H29NO2/c1-4-16-10-11-17-14(6-5-7-14)8-9-15-12-13(2)3/h13,15H,4-12H2,1-3H3. The molecule has 0 radical (unpaired) electrons. The molecule has 17 heavy (non-hydrogen) atoms. The molecule has 102 valence electrons. The first-order chi connectivity index (χ1) is 8.18. The molecule has 1 rings (SSSR count). The van der Waals surface area contributed by atoms with Crippen molar-refractivity contribution in [2.45, 2.75) is 52.1 Å². The number of hydrogen-bond acceptors (Lipinski definition) is 3. The third-order valence-electron chi connectivity index (χ3n) is 3.41. The topological polar surface area (TPSA) is 30.5 Å². The summed E-state index contributed by atoms with van der Waals surface area (Å²) in [5, 5.41) is 3.50. The summed E-state index contributed by atoms with van der Waals surface area (Å²) in [4.78, 5) is 0. The van der Waals surface area contributed by atoms with E-state index in [-0.39, 0.29) is 5.60 Å². The van der Waals surface area contributed by atoms with E-state index in [1.165, 1.54) is 19.3 Å². The minimum atomic E-state index is 0.168. The van der Waals surface area contributed by atoms with Gasteiger partial charge in [-0.3, -0.25) is 0 Å². The van der Waals surface area contributed by atoms with Crippen LogP contribution in [0.4, 0.5) is 0 Å². The first-order valence-corrected chi connectivity index (χ1v) is 7.11. The number of ether oxygens (including phenoxy) is 2. The zero-order chi connectivity index (χ0) is 12.6. The molecule has 3 heteroatoms. The van der Waals surface area contributed by atoms with Crippen LogP contribution in [0, 0.1) is 5.92 Å². The Morgan fingerprint density at radius 3 is 2.53 bits per heavy atom. The molecular formula is C14H29NO2.